The predicted octanol–water partition coefficient (Wildman–Crippen LogP) is 5.07. The third kappa shape index (κ3) is 20.4. The van der Waals surface area contributed by atoms with Gasteiger partial charge < -0.3 is 88.3 Å². The van der Waals surface area contributed by atoms with Crippen LogP contribution in [0.2, 0.25) is 0 Å². The number of Topliss-reactive ketones (excluding diaryl/α,β-unsaturated/α-hetero) is 3. The Hall–Kier alpha value is -4.48. The van der Waals surface area contributed by atoms with Gasteiger partial charge in [-0.1, -0.05) is 91.3 Å². The average molecular weight is 1420 g/mol. The van der Waals surface area contributed by atoms with Crippen LogP contribution >= 0.6 is 33.3 Å². The number of likely N-dealkylation sites (N-methyl/N-ethyl adjacent to an activating group) is 1. The van der Waals surface area contributed by atoms with Crippen LogP contribution in [0.5, 0.6) is 17.2 Å². The summed E-state index contributed by atoms with van der Waals surface area (Å²) in [5.41, 5.74) is 2.12. The Labute approximate surface area is 582 Å². The first-order valence-corrected chi connectivity index (χ1v) is 36.0. The van der Waals surface area contributed by atoms with Crippen LogP contribution in [0, 0.1) is 49.4 Å². The lowest BCUT2D eigenvalue weighted by Gasteiger charge is -2.46. The van der Waals surface area contributed by atoms with Crippen LogP contribution in [0.1, 0.15) is 129 Å². The van der Waals surface area contributed by atoms with Crippen LogP contribution in [0.4, 0.5) is 0 Å². The predicted molar refractivity (Wildman–Crippen MR) is 365 cm³/mol. The lowest BCUT2D eigenvalue weighted by Crippen LogP contribution is -2.65. The van der Waals surface area contributed by atoms with E-state index in [1.54, 1.807) is 47.8 Å². The number of nitrogens with one attached hydrogen (secondary N) is 3. The number of fused-ring (bicyclic) bond motifs is 2. The van der Waals surface area contributed by atoms with Crippen molar-refractivity contribution < 1.29 is 106 Å². The minimum Gasteiger partial charge on any atom is -0.492 e. The number of carbonyl (C=O) groups excluding carboxylic acids is 5. The number of allylic oxidation sites excluding steroid dienone is 3. The molecule has 2 aliphatic carbocycles. The smallest absolute Gasteiger partial charge is 0.229 e. The molecule has 4 heterocycles. The Balaban J connectivity index is 0.0000149. The number of hydrogen-bond donors (Lipinski definition) is 8. The van der Waals surface area contributed by atoms with E-state index in [2.05, 4.69) is 39.8 Å². The molecule has 2 bridgehead atoms. The van der Waals surface area contributed by atoms with Gasteiger partial charge in [0.05, 0.1) is 86.6 Å². The minimum atomic E-state index is -2.10. The third-order valence-corrected chi connectivity index (χ3v) is 21.4. The molecule has 4 saturated heterocycles. The van der Waals surface area contributed by atoms with Gasteiger partial charge in [0.25, 0.3) is 0 Å². The van der Waals surface area contributed by atoms with E-state index in [9.17, 15) is 49.5 Å². The van der Waals surface area contributed by atoms with E-state index in [1.807, 2.05) is 27.7 Å². The fraction of sp³-hybridized carbons (Fsp3) is 0.696. The highest BCUT2D eigenvalue weighted by molar-refractivity contribution is 8.76. The maximum Gasteiger partial charge on any atom is 0.229 e. The van der Waals surface area contributed by atoms with E-state index in [-0.39, 0.29) is 115 Å². The number of carbonyl (C=O) groups is 5. The molecule has 0 radical (unpaired) electrons. The van der Waals surface area contributed by atoms with Crippen molar-refractivity contribution in [1.29, 1.82) is 0 Å². The Morgan fingerprint density at radius 2 is 1.54 bits per heavy atom. The number of ketones is 3. The van der Waals surface area contributed by atoms with Gasteiger partial charge in [-0.3, -0.25) is 28.8 Å². The van der Waals surface area contributed by atoms with Crippen LogP contribution in [-0.4, -0.2) is 229 Å². The molecule has 1 aromatic carbocycles. The van der Waals surface area contributed by atoms with Gasteiger partial charge in [-0.05, 0) is 90.6 Å². The molecule has 28 heteroatoms. The molecule has 25 nitrogen and oxygen atoms in total. The molecular weight excluding hydrogens is 1320 g/mol. The molecular formula is C69H101N3O22S3. The van der Waals surface area contributed by atoms with Crippen molar-refractivity contribution in [3.8, 4) is 40.9 Å². The fourth-order valence-electron chi connectivity index (χ4n) is 12.4. The highest BCUT2D eigenvalue weighted by atomic mass is 33.1. The average Bonchev–Trinajstić information content (AvgIpc) is 0.761. The number of hydroxylamine groups is 1. The fourth-order valence-corrected chi connectivity index (χ4v) is 15.7. The number of amides is 1. The summed E-state index contributed by atoms with van der Waals surface area (Å²) >= 11 is 0.827. The van der Waals surface area contributed by atoms with Gasteiger partial charge in [-0.15, -0.1) is 0 Å². The first-order chi connectivity index (χ1) is 45.7. The van der Waals surface area contributed by atoms with Gasteiger partial charge >= 0.3 is 0 Å². The number of ether oxygens (including phenoxy) is 11. The number of methoxy groups -OCH3 is 4. The quantitative estimate of drug-likeness (QED) is 0.0208. The zero-order chi connectivity index (χ0) is 70.3. The number of rotatable bonds is 31. The molecule has 0 unspecified atom stereocenters. The van der Waals surface area contributed by atoms with E-state index in [4.69, 9.17) is 56.9 Å². The van der Waals surface area contributed by atoms with Crippen LogP contribution in [0.3, 0.4) is 0 Å². The summed E-state index contributed by atoms with van der Waals surface area (Å²) < 4.78 is 67.7. The molecule has 0 saturated carbocycles. The van der Waals surface area contributed by atoms with E-state index in [0.29, 0.717) is 48.7 Å². The van der Waals surface area contributed by atoms with Crippen LogP contribution in [0.15, 0.2) is 34.9 Å². The molecule has 542 valence electrons. The van der Waals surface area contributed by atoms with Gasteiger partial charge in [0.1, 0.15) is 48.2 Å². The second kappa shape index (κ2) is 38.0. The summed E-state index contributed by atoms with van der Waals surface area (Å²) in [6.07, 6.45) is -12.2. The van der Waals surface area contributed by atoms with Crippen LogP contribution < -0.4 is 30.3 Å². The monoisotopic (exact) mass is 1420 g/mol. The SMILES string of the molecule is C.CCNC(=O)[C@H](CSSC/C=C1\C2=C(CC(C)=O)C(=O)C[C@@]1(O)C#C/C=C\C#C[C@@H]2O[C@@H]1O[C@H](C)[C@@H](NO[C@H]2C[C@H](O)[C@H](SC(=O)c3c(C)c(C)c(O[C@@H]4O[C@@H](C)[C@H](O)[C@@H](OC)[C@H]4O)c(OC)c3OC)[C@@H](C)O2)[C@H](O)[C@H]1O[C@H]1C[C@H](OC)[C@@H](NCC)CO1)CC(=O)CCC(C)C. The van der Waals surface area contributed by atoms with Gasteiger partial charge in [0, 0.05) is 81.1 Å². The number of aliphatic hydroxyl groups excluding tert-OH is 4. The molecule has 97 heavy (non-hydrogen) atoms. The summed E-state index contributed by atoms with van der Waals surface area (Å²) in [4.78, 5) is 74.4. The molecule has 20 atom stereocenters. The second-order valence-electron chi connectivity index (χ2n) is 25.1. The van der Waals surface area contributed by atoms with Crippen LogP contribution in [-0.2, 0) is 61.9 Å². The van der Waals surface area contributed by atoms with Crippen molar-refractivity contribution in [2.45, 2.75) is 237 Å². The Morgan fingerprint density at radius 3 is 2.19 bits per heavy atom. The maximum absolute atomic E-state index is 14.5. The maximum atomic E-state index is 14.5. The highest BCUT2D eigenvalue weighted by Gasteiger charge is 2.52. The van der Waals surface area contributed by atoms with Crippen molar-refractivity contribution >= 4 is 61.7 Å². The normalized spacial score (nSPS) is 32.9. The van der Waals surface area contributed by atoms with E-state index < -0.39 is 126 Å². The number of aliphatic hydroxyl groups is 5. The zero-order valence-corrected chi connectivity index (χ0v) is 59.6. The summed E-state index contributed by atoms with van der Waals surface area (Å²) in [5, 5.41) is 63.6. The standard InChI is InChI=1S/C68H97N3O22S3.CH4/c1-15-69-45-32-86-50(30-49(45)82-11)91-61-56(77)54(71-93-51-29-46(74)63(40(10)87-51)96-65(80)52-36(6)37(7)58(62(85-14)59(52)83-12)92-66-57(78)60(84-13)55(76)39(9)89-66)38(8)88-67(61)90-48-21-19-17-18-20-25-68(81)31-47(75)43(27-35(5)72)53(48)44(68)24-26-94-95-33-41(64(79)70-16-2)28-42(73)23-22-34(3)4;/h17-18,24,34,38-41,45-46,48-51,54-57,60-61,63,66-67,69,71,74,76-78,81H,15-16,22-23,26-33H2,1-14H3,(H,70,79);1H4/b18-17-,44-24+;/t38-,39+,40-,41+,45+,46+,48+,49+,50+,51+,54-,55+,56+,57-,60-,61-,63-,66+,67+,68+;/m1./s1. The molecule has 8 N–H and O–H groups in total. The molecule has 0 spiro atoms. The molecule has 4 fully saturated rings. The van der Waals surface area contributed by atoms with Gasteiger partial charge in [-0.2, -0.15) is 5.48 Å². The highest BCUT2D eigenvalue weighted by Crippen LogP contribution is 2.49. The Bertz CT molecular complexity index is 3100. The molecule has 1 amide bonds. The summed E-state index contributed by atoms with van der Waals surface area (Å²) in [6, 6.07) is -1.31. The molecule has 7 rings (SSSR count). The molecule has 4 aliphatic heterocycles. The second-order valence-corrected chi connectivity index (χ2v) is 28.8. The minimum absolute atomic E-state index is 0. The number of hydrogen-bond acceptors (Lipinski definition) is 27. The first kappa shape index (κ1) is 81.5. The van der Waals surface area contributed by atoms with Gasteiger partial charge in [-0.25, -0.2) is 0 Å². The van der Waals surface area contributed by atoms with Crippen molar-refractivity contribution in [1.82, 2.24) is 16.1 Å². The topological polar surface area (TPSA) is 333 Å². The molecule has 6 aliphatic rings. The molecule has 1 aromatic rings. The number of benzene rings is 1. The molecule has 0 aromatic heterocycles. The summed E-state index contributed by atoms with van der Waals surface area (Å²) in [5.74, 6) is 11.0. The van der Waals surface area contributed by atoms with E-state index in [1.165, 1.54) is 62.0 Å². The van der Waals surface area contributed by atoms with E-state index in [0.717, 1.165) is 11.8 Å². The summed E-state index contributed by atoms with van der Waals surface area (Å²) in [6.45, 7) is 18.7. The summed E-state index contributed by atoms with van der Waals surface area (Å²) in [7, 11) is 8.37. The Morgan fingerprint density at radius 1 is 0.825 bits per heavy atom. The van der Waals surface area contributed by atoms with Gasteiger partial charge in [0.2, 0.25) is 23.1 Å². The van der Waals surface area contributed by atoms with Crippen molar-refractivity contribution in [3.63, 3.8) is 0 Å². The van der Waals surface area contributed by atoms with E-state index >= 15 is 0 Å². The van der Waals surface area contributed by atoms with Crippen molar-refractivity contribution in [2.75, 3.05) is 59.6 Å². The lowest BCUT2D eigenvalue weighted by atomic mass is 9.72. The third-order valence-electron chi connectivity index (χ3n) is 17.7. The van der Waals surface area contributed by atoms with Crippen molar-refractivity contribution in [2.24, 2.45) is 11.8 Å². The van der Waals surface area contributed by atoms with Gasteiger partial charge in [0.15, 0.2) is 41.8 Å². The van der Waals surface area contributed by atoms with Crippen molar-refractivity contribution in [3.05, 3.63) is 51.6 Å². The van der Waals surface area contributed by atoms with Crippen LogP contribution in [0.25, 0.3) is 0 Å². The lowest BCUT2D eigenvalue weighted by molar-refractivity contribution is -0.336. The zero-order valence-electron chi connectivity index (χ0n) is 57.2. The number of thioether (sulfide) groups is 1. The Kier molecular flexibility index (Phi) is 31.9. The first-order valence-electron chi connectivity index (χ1n) is 32.6. The largest absolute Gasteiger partial charge is 0.492 e.